The van der Waals surface area contributed by atoms with Crippen LogP contribution in [0.25, 0.3) is 0 Å². The largest absolute Gasteiger partial charge is 0.356 e. The van der Waals surface area contributed by atoms with Gasteiger partial charge in [-0.05, 0) is 28.8 Å². The summed E-state index contributed by atoms with van der Waals surface area (Å²) in [5.74, 6) is 0.312. The van der Waals surface area contributed by atoms with Gasteiger partial charge in [0, 0.05) is 10.8 Å². The predicted molar refractivity (Wildman–Crippen MR) is 112 cm³/mol. The van der Waals surface area contributed by atoms with Crippen molar-refractivity contribution in [2.75, 3.05) is 0 Å². The maximum atomic E-state index is 13.2. The Morgan fingerprint density at radius 2 is 1.59 bits per heavy atom. The molecule has 136 valence electrons. The van der Waals surface area contributed by atoms with E-state index >= 15 is 0 Å². The van der Waals surface area contributed by atoms with Crippen LogP contribution in [-0.4, -0.2) is 5.17 Å². The molecule has 0 aromatic heterocycles. The van der Waals surface area contributed by atoms with E-state index in [0.29, 0.717) is 10.8 Å². The van der Waals surface area contributed by atoms with Gasteiger partial charge in [-0.15, -0.1) is 0 Å². The van der Waals surface area contributed by atoms with Crippen LogP contribution in [0.4, 0.5) is 4.39 Å². The third-order valence-corrected chi connectivity index (χ3v) is 5.83. The van der Waals surface area contributed by atoms with Crippen molar-refractivity contribution in [3.05, 3.63) is 106 Å². The predicted octanol–water partition coefficient (Wildman–Crippen LogP) is 6.15. The van der Waals surface area contributed by atoms with E-state index in [1.54, 1.807) is 17.8 Å². The van der Waals surface area contributed by atoms with Gasteiger partial charge >= 0.3 is 0 Å². The van der Waals surface area contributed by atoms with E-state index in [1.165, 1.54) is 23.3 Å². The zero-order valence-electron chi connectivity index (χ0n) is 14.5. The lowest BCUT2D eigenvalue weighted by atomic mass is 9.95. The molecular weight excluding hydrogens is 379 g/mol. The van der Waals surface area contributed by atoms with E-state index in [9.17, 15) is 4.39 Å². The van der Waals surface area contributed by atoms with Crippen molar-refractivity contribution >= 4 is 28.5 Å². The van der Waals surface area contributed by atoms with Crippen LogP contribution in [0.5, 0.6) is 0 Å². The molecule has 0 amide bonds. The zero-order chi connectivity index (χ0) is 18.6. The minimum atomic E-state index is -0.321. The van der Waals surface area contributed by atoms with Crippen molar-refractivity contribution in [3.63, 3.8) is 0 Å². The number of aliphatic imine (C=N–C) groups is 1. The minimum Gasteiger partial charge on any atom is -0.356 e. The van der Waals surface area contributed by atoms with Crippen LogP contribution in [0.1, 0.15) is 28.8 Å². The van der Waals surface area contributed by atoms with Gasteiger partial charge in [-0.3, -0.25) is 4.99 Å². The fourth-order valence-corrected chi connectivity index (χ4v) is 4.41. The molecule has 0 saturated heterocycles. The number of amidine groups is 1. The Morgan fingerprint density at radius 3 is 2.26 bits per heavy atom. The topological polar surface area (TPSA) is 24.4 Å². The molecular formula is C22H18ClFN2S. The number of hydrogen-bond donors (Lipinski definition) is 1. The van der Waals surface area contributed by atoms with Crippen molar-refractivity contribution in [1.82, 2.24) is 5.32 Å². The smallest absolute Gasteiger partial charge is 0.158 e. The maximum absolute atomic E-state index is 13.2. The van der Waals surface area contributed by atoms with Crippen LogP contribution in [-0.2, 0) is 5.75 Å². The van der Waals surface area contributed by atoms with Crippen molar-refractivity contribution in [2.45, 2.75) is 17.8 Å². The second kappa shape index (κ2) is 8.15. The molecule has 2 nitrogen and oxygen atoms in total. The van der Waals surface area contributed by atoms with E-state index in [1.807, 2.05) is 36.4 Å². The average molecular weight is 397 g/mol. The quantitative estimate of drug-likeness (QED) is 0.571. The first-order valence-electron chi connectivity index (χ1n) is 8.71. The lowest BCUT2D eigenvalue weighted by molar-refractivity contribution is 0.573. The first kappa shape index (κ1) is 18.1. The third-order valence-electron chi connectivity index (χ3n) is 4.53. The molecule has 1 unspecified atom stereocenters. The molecule has 0 radical (unpaired) electrons. The summed E-state index contributed by atoms with van der Waals surface area (Å²) in [5.41, 5.74) is 3.27. The monoisotopic (exact) mass is 396 g/mol. The molecule has 0 aliphatic carbocycles. The highest BCUT2D eigenvalue weighted by atomic mass is 35.5. The van der Waals surface area contributed by atoms with Crippen LogP contribution in [0, 0.1) is 5.82 Å². The Balaban J connectivity index is 1.56. The molecule has 1 heterocycles. The van der Waals surface area contributed by atoms with Gasteiger partial charge in [0.05, 0.1) is 6.04 Å². The maximum Gasteiger partial charge on any atom is 0.158 e. The number of halogens is 2. The molecule has 1 N–H and O–H groups in total. The van der Waals surface area contributed by atoms with Gasteiger partial charge in [0.25, 0.3) is 0 Å². The molecule has 1 aliphatic heterocycles. The lowest BCUT2D eigenvalue weighted by Gasteiger charge is -2.19. The van der Waals surface area contributed by atoms with Crippen LogP contribution in [0.15, 0.2) is 83.9 Å². The van der Waals surface area contributed by atoms with Crippen molar-refractivity contribution in [2.24, 2.45) is 4.99 Å². The summed E-state index contributed by atoms with van der Waals surface area (Å²) in [6.07, 6.45) is 0. The van der Waals surface area contributed by atoms with E-state index in [4.69, 9.17) is 16.6 Å². The second-order valence-electron chi connectivity index (χ2n) is 6.35. The van der Waals surface area contributed by atoms with Crippen LogP contribution in [0.2, 0.25) is 5.02 Å². The number of benzene rings is 3. The van der Waals surface area contributed by atoms with E-state index < -0.39 is 0 Å². The van der Waals surface area contributed by atoms with Gasteiger partial charge in [0.15, 0.2) is 5.17 Å². The molecule has 5 heteroatoms. The number of nitrogens with zero attached hydrogens (tertiary/aromatic N) is 1. The number of nitrogens with one attached hydrogen (secondary N) is 1. The van der Waals surface area contributed by atoms with Gasteiger partial charge in [-0.2, -0.15) is 0 Å². The normalized spacial score (nSPS) is 18.8. The summed E-state index contributed by atoms with van der Waals surface area (Å²) in [5, 5.41) is 4.87. The van der Waals surface area contributed by atoms with Crippen molar-refractivity contribution in [3.8, 4) is 0 Å². The van der Waals surface area contributed by atoms with Gasteiger partial charge in [0.2, 0.25) is 0 Å². The molecule has 1 aliphatic rings. The molecule has 3 aromatic rings. The molecule has 0 fully saturated rings. The molecule has 0 spiro atoms. The standard InChI is InChI=1S/C22H18ClFN2S/c23-19-13-18(24)12-11-17(19)14-27-22-25-20(15-7-3-1-4-8-15)21(26-22)16-9-5-2-6-10-16/h1-13,20-21H,14H2,(H,25,26)/t20-,21?/m0/s1. The third kappa shape index (κ3) is 4.18. The fourth-order valence-electron chi connectivity index (χ4n) is 3.16. The highest BCUT2D eigenvalue weighted by Crippen LogP contribution is 2.38. The Hall–Kier alpha value is -2.30. The van der Waals surface area contributed by atoms with E-state index in [-0.39, 0.29) is 17.9 Å². The van der Waals surface area contributed by atoms with E-state index in [0.717, 1.165) is 10.7 Å². The summed E-state index contributed by atoms with van der Waals surface area (Å²) in [6.45, 7) is 0. The first-order valence-corrected chi connectivity index (χ1v) is 10.1. The number of rotatable bonds is 4. The molecule has 27 heavy (non-hydrogen) atoms. The van der Waals surface area contributed by atoms with Crippen LogP contribution in [0.3, 0.4) is 0 Å². The molecule has 0 saturated carbocycles. The van der Waals surface area contributed by atoms with Crippen molar-refractivity contribution in [1.29, 1.82) is 0 Å². The lowest BCUT2D eigenvalue weighted by Crippen LogP contribution is -2.22. The van der Waals surface area contributed by atoms with Crippen LogP contribution >= 0.6 is 23.4 Å². The van der Waals surface area contributed by atoms with Crippen molar-refractivity contribution < 1.29 is 4.39 Å². The summed E-state index contributed by atoms with van der Waals surface area (Å²) < 4.78 is 13.2. The summed E-state index contributed by atoms with van der Waals surface area (Å²) >= 11 is 7.74. The Labute approximate surface area is 167 Å². The summed E-state index contributed by atoms with van der Waals surface area (Å²) in [7, 11) is 0. The summed E-state index contributed by atoms with van der Waals surface area (Å²) in [4.78, 5) is 4.93. The fraction of sp³-hybridized carbons (Fsp3) is 0.136. The van der Waals surface area contributed by atoms with Gasteiger partial charge in [0.1, 0.15) is 11.9 Å². The highest BCUT2D eigenvalue weighted by molar-refractivity contribution is 8.13. The highest BCUT2D eigenvalue weighted by Gasteiger charge is 2.31. The Morgan fingerprint density at radius 1 is 0.926 bits per heavy atom. The van der Waals surface area contributed by atoms with Crippen LogP contribution < -0.4 is 5.32 Å². The number of hydrogen-bond acceptors (Lipinski definition) is 3. The number of thioether (sulfide) groups is 1. The minimum absolute atomic E-state index is 0.0137. The summed E-state index contributed by atoms with van der Waals surface area (Å²) in [6, 6.07) is 25.3. The Bertz CT molecular complexity index is 947. The second-order valence-corrected chi connectivity index (χ2v) is 7.72. The molecule has 3 aromatic carbocycles. The Kier molecular flexibility index (Phi) is 5.46. The average Bonchev–Trinajstić information content (AvgIpc) is 3.13. The SMILES string of the molecule is Fc1ccc(CSC2=N[C@@H](c3ccccc3)C(c3ccccc3)N2)c(Cl)c1. The zero-order valence-corrected chi connectivity index (χ0v) is 16.1. The van der Waals surface area contributed by atoms with Gasteiger partial charge in [-0.25, -0.2) is 4.39 Å². The molecule has 0 bridgehead atoms. The van der Waals surface area contributed by atoms with E-state index in [2.05, 4.69) is 29.6 Å². The first-order chi connectivity index (χ1) is 13.2. The molecule has 2 atom stereocenters. The van der Waals surface area contributed by atoms with Gasteiger partial charge in [-0.1, -0.05) is 90.1 Å². The van der Waals surface area contributed by atoms with Gasteiger partial charge < -0.3 is 5.32 Å². The molecule has 4 rings (SSSR count).